The van der Waals surface area contributed by atoms with Crippen LogP contribution >= 0.6 is 58.0 Å². The lowest BCUT2D eigenvalue weighted by atomic mass is 10.1. The van der Waals surface area contributed by atoms with Gasteiger partial charge in [0.05, 0.1) is 19.1 Å². The maximum absolute atomic E-state index is 12.3. The van der Waals surface area contributed by atoms with Gasteiger partial charge in [-0.2, -0.15) is 16.8 Å². The Bertz CT molecular complexity index is 2810. The molecular formula is C47H53BBr3ClO12S3. The predicted molar refractivity (Wildman–Crippen MR) is 279 cm³/mol. The van der Waals surface area contributed by atoms with Crippen LogP contribution in [0, 0.1) is 20.8 Å². The van der Waals surface area contributed by atoms with E-state index < -0.39 is 29.3 Å². The Kier molecular flexibility index (Phi) is 24.9. The van der Waals surface area contributed by atoms with Gasteiger partial charge in [-0.15, -0.1) is 47.3 Å². The monoisotopic (exact) mass is 1190 g/mol. The molecule has 0 atom stereocenters. The lowest BCUT2D eigenvalue weighted by Crippen LogP contribution is -2.10. The van der Waals surface area contributed by atoms with Crippen molar-refractivity contribution in [2.45, 2.75) is 75.5 Å². The lowest BCUT2D eigenvalue weighted by Gasteiger charge is -2.12. The lowest BCUT2D eigenvalue weighted by molar-refractivity contribution is 0.373. The molecule has 0 heterocycles. The van der Waals surface area contributed by atoms with Gasteiger partial charge in [0.25, 0.3) is 9.05 Å². The van der Waals surface area contributed by atoms with Gasteiger partial charge in [-0.1, -0.05) is 92.1 Å². The van der Waals surface area contributed by atoms with Gasteiger partial charge in [0.15, 0.2) is 34.5 Å². The summed E-state index contributed by atoms with van der Waals surface area (Å²) in [5, 5.41) is 19.0. The standard InChI is InChI=1S/C16H18O4S.C15H16O4S.C9H12O2.C7H7ClO2S.BBr3/c1-4-13-7-10-15(16(11-13)19-3)20-21(17,18)14-8-5-12(2)6-9-14;1-3-12-6-9-15(14(16)10-12)19-20(17,18)13-7-4-11(2)5-8-13;1-3-7-4-5-8(10)9(6-7)11-2;1-6-2-4-7(5-3-6)11(8,9)10;2-1(3)4/h5-11H,4H2,1-3H3;4-10,16H,3H2,1-2H3;4-6,10H,3H2,1-2H3;2-5H,1H3;. The topological polar surface area (TPSA) is 180 Å². The summed E-state index contributed by atoms with van der Waals surface area (Å²) in [6, 6.07) is 34.5. The number of methoxy groups -OCH3 is 2. The highest BCUT2D eigenvalue weighted by Gasteiger charge is 2.20. The predicted octanol–water partition coefficient (Wildman–Crippen LogP) is 12.4. The first-order valence-electron chi connectivity index (χ1n) is 20.2. The molecular weight excluding hydrogens is 1140 g/mol. The van der Waals surface area contributed by atoms with Gasteiger partial charge in [0.1, 0.15) is 9.79 Å². The first-order valence-corrected chi connectivity index (χ1v) is 28.1. The fourth-order valence-electron chi connectivity index (χ4n) is 5.24. The van der Waals surface area contributed by atoms with Crippen molar-refractivity contribution in [2.24, 2.45) is 0 Å². The van der Waals surface area contributed by atoms with E-state index in [0.717, 1.165) is 47.1 Å². The van der Waals surface area contributed by atoms with Crippen molar-refractivity contribution in [1.29, 1.82) is 0 Å². The van der Waals surface area contributed by atoms with Gasteiger partial charge in [-0.05, 0) is 130 Å². The minimum atomic E-state index is -3.93. The highest BCUT2D eigenvalue weighted by atomic mass is 79.9. The molecule has 0 spiro atoms. The SMILES string of the molecule is BrB(Br)Br.CCc1ccc(O)c(OC)c1.CCc1ccc(OS(=O)(=O)c2ccc(C)cc2)c(O)c1.CCc1ccc(OS(=O)(=O)c2ccc(C)cc2)c(OC)c1.Cc1ccc(S(=O)(=O)Cl)cc1. The number of hydrogen-bond acceptors (Lipinski definition) is 12. The smallest absolute Gasteiger partial charge is 0.369 e. The number of benzene rings is 6. The second kappa shape index (κ2) is 28.3. The van der Waals surface area contributed by atoms with Crippen LogP contribution in [0.4, 0.5) is 0 Å². The average Bonchev–Trinajstić information content (AvgIpc) is 3.28. The van der Waals surface area contributed by atoms with E-state index in [4.69, 9.17) is 28.5 Å². The molecule has 6 aromatic rings. The Morgan fingerprint density at radius 1 is 0.463 bits per heavy atom. The van der Waals surface area contributed by atoms with E-state index in [1.54, 1.807) is 67.8 Å². The summed E-state index contributed by atoms with van der Waals surface area (Å²) in [6.07, 6.45) is 2.54. The number of halogens is 4. The van der Waals surface area contributed by atoms with Crippen LogP contribution in [-0.2, 0) is 48.5 Å². The summed E-state index contributed by atoms with van der Waals surface area (Å²) in [5.74, 6) is 1.09. The number of aromatic hydroxyl groups is 2. The number of aryl methyl sites for hydroxylation is 6. The molecule has 0 unspecified atom stereocenters. The van der Waals surface area contributed by atoms with Gasteiger partial charge in [-0.3, -0.25) is 0 Å². The van der Waals surface area contributed by atoms with Crippen molar-refractivity contribution in [3.63, 3.8) is 0 Å². The number of hydrogen-bond donors (Lipinski definition) is 2. The van der Waals surface area contributed by atoms with Crippen LogP contribution in [0.2, 0.25) is 0 Å². The van der Waals surface area contributed by atoms with Crippen molar-refractivity contribution in [2.75, 3.05) is 14.2 Å². The zero-order valence-corrected chi connectivity index (χ0v) is 46.0. The van der Waals surface area contributed by atoms with Gasteiger partial charge in [-0.25, -0.2) is 8.42 Å². The van der Waals surface area contributed by atoms with E-state index >= 15 is 0 Å². The second-order valence-corrected chi connectivity index (χ2v) is 26.1. The van der Waals surface area contributed by atoms with E-state index in [2.05, 4.69) is 54.2 Å². The molecule has 0 bridgehead atoms. The Labute approximate surface area is 425 Å². The Morgan fingerprint density at radius 3 is 1.15 bits per heavy atom. The van der Waals surface area contributed by atoms with Crippen LogP contribution in [0.25, 0.3) is 0 Å². The fourth-order valence-corrected chi connectivity index (χ4v) is 7.89. The van der Waals surface area contributed by atoms with E-state index in [9.17, 15) is 35.5 Å². The Balaban J connectivity index is 0.000000310. The van der Waals surface area contributed by atoms with Crippen molar-refractivity contribution < 1.29 is 53.3 Å². The second-order valence-electron chi connectivity index (χ2n) is 14.1. The highest BCUT2D eigenvalue weighted by Crippen LogP contribution is 2.32. The normalized spacial score (nSPS) is 10.7. The molecule has 6 rings (SSSR count). The number of phenolic OH excluding ortho intramolecular Hbond substituents is 2. The van der Waals surface area contributed by atoms with Crippen molar-refractivity contribution in [1.82, 2.24) is 0 Å². The Morgan fingerprint density at radius 2 is 0.791 bits per heavy atom. The summed E-state index contributed by atoms with van der Waals surface area (Å²) in [4.78, 5) is 0.321. The molecule has 12 nitrogen and oxygen atoms in total. The molecule has 2 N–H and O–H groups in total. The fraction of sp³-hybridized carbons (Fsp3) is 0.234. The van der Waals surface area contributed by atoms with Crippen LogP contribution < -0.4 is 17.8 Å². The maximum atomic E-state index is 12.3. The van der Waals surface area contributed by atoms with Gasteiger partial charge < -0.3 is 28.1 Å². The third-order valence-electron chi connectivity index (χ3n) is 9.04. The molecule has 0 aliphatic carbocycles. The first kappa shape index (κ1) is 58.9. The number of rotatable bonds is 12. The highest BCUT2D eigenvalue weighted by molar-refractivity contribution is 9.69. The minimum absolute atomic E-state index is 0.0575. The van der Waals surface area contributed by atoms with E-state index in [-0.39, 0.29) is 40.9 Å². The van der Waals surface area contributed by atoms with Crippen LogP contribution in [0.1, 0.15) is 54.2 Å². The molecule has 0 aromatic heterocycles. The Hall–Kier alpha value is -4.24. The third kappa shape index (κ3) is 20.9. The molecule has 0 radical (unpaired) electrons. The van der Waals surface area contributed by atoms with E-state index in [1.165, 1.54) is 61.2 Å². The van der Waals surface area contributed by atoms with Crippen LogP contribution in [0.15, 0.2) is 142 Å². The molecule has 0 saturated heterocycles. The van der Waals surface area contributed by atoms with Gasteiger partial charge in [0.2, 0.25) is 0 Å². The molecule has 67 heavy (non-hydrogen) atoms. The van der Waals surface area contributed by atoms with Crippen LogP contribution in [0.5, 0.6) is 34.5 Å². The summed E-state index contributed by atoms with van der Waals surface area (Å²) >= 11 is 9.31. The molecule has 0 saturated carbocycles. The first-order chi connectivity index (χ1) is 31.4. The number of phenols is 2. The third-order valence-corrected chi connectivity index (χ3v) is 12.9. The largest absolute Gasteiger partial charge is 0.504 e. The summed E-state index contributed by atoms with van der Waals surface area (Å²) in [6.45, 7) is 11.7. The van der Waals surface area contributed by atoms with E-state index in [0.29, 0.717) is 11.5 Å². The van der Waals surface area contributed by atoms with Crippen molar-refractivity contribution >= 4 is 90.4 Å². The van der Waals surface area contributed by atoms with Crippen LogP contribution in [0.3, 0.4) is 0 Å². The summed E-state index contributed by atoms with van der Waals surface area (Å²) < 4.78 is 90.7. The maximum Gasteiger partial charge on any atom is 0.369 e. The molecule has 0 aliphatic heterocycles. The molecule has 0 amide bonds. The average molecular weight is 1190 g/mol. The molecule has 362 valence electrons. The molecule has 0 aliphatic rings. The molecule has 6 aromatic carbocycles. The van der Waals surface area contributed by atoms with Gasteiger partial charge in [0, 0.05) is 10.7 Å². The van der Waals surface area contributed by atoms with E-state index in [1.807, 2.05) is 52.8 Å². The summed E-state index contributed by atoms with van der Waals surface area (Å²) in [5.41, 5.74) is 6.07. The van der Waals surface area contributed by atoms with Gasteiger partial charge >= 0.3 is 23.4 Å². The quantitative estimate of drug-likeness (QED) is 0.0674. The number of ether oxygens (including phenoxy) is 2. The zero-order chi connectivity index (χ0) is 50.5. The molecule has 20 heteroatoms. The zero-order valence-electron chi connectivity index (χ0n) is 38.0. The minimum Gasteiger partial charge on any atom is -0.504 e. The summed E-state index contributed by atoms with van der Waals surface area (Å²) in [7, 11) is -3.22. The van der Waals surface area contributed by atoms with Crippen molar-refractivity contribution in [3.8, 4) is 34.5 Å². The molecule has 0 fully saturated rings. The van der Waals surface area contributed by atoms with Crippen molar-refractivity contribution in [3.05, 3.63) is 161 Å². The van der Waals surface area contributed by atoms with Crippen LogP contribution in [-0.4, -0.2) is 52.9 Å².